The maximum absolute atomic E-state index is 11.4. The topological polar surface area (TPSA) is 99.8 Å². The maximum Gasteiger partial charge on any atom is 0.339 e. The number of phenols is 1. The zero-order chi connectivity index (χ0) is 13.7. The molecule has 1 atom stereocenters. The molecule has 0 aliphatic carbocycles. The van der Waals surface area contributed by atoms with Crippen LogP contribution in [0.5, 0.6) is 11.5 Å². The highest BCUT2D eigenvalue weighted by molar-refractivity contribution is 5.77. The average molecular weight is 251 g/mol. The molecule has 0 aliphatic rings. The first-order valence-corrected chi connectivity index (χ1v) is 5.20. The largest absolute Gasteiger partial charge is 0.506 e. The molecule has 1 aromatic rings. The Kier molecular flexibility index (Phi) is 4.52. The number of rotatable bonds is 4. The number of hydrogen-bond donors (Lipinski definition) is 2. The van der Waals surface area contributed by atoms with E-state index in [1.807, 2.05) is 0 Å². The fraction of sp³-hybridized carbons (Fsp3) is 0.333. The lowest BCUT2D eigenvalue weighted by molar-refractivity contribution is -0.153. The first-order chi connectivity index (χ1) is 8.54. The van der Waals surface area contributed by atoms with Gasteiger partial charge in [0.2, 0.25) is 0 Å². The standard InChI is InChI=1S/C12H13NO5/c1-3-18-12(16)11(15)8-4-7(6-13)9(14)5-10(8)17-2/h4-5,11,14-15H,3H2,1-2H3. The number of aromatic hydroxyl groups is 1. The van der Waals surface area contributed by atoms with E-state index in [0.29, 0.717) is 0 Å². The number of carbonyl (C=O) groups excluding carboxylic acids is 1. The molecule has 0 aromatic heterocycles. The van der Waals surface area contributed by atoms with Gasteiger partial charge in [0.25, 0.3) is 0 Å². The second-order valence-corrected chi connectivity index (χ2v) is 3.38. The third-order valence-electron chi connectivity index (χ3n) is 2.27. The van der Waals surface area contributed by atoms with Gasteiger partial charge in [0.1, 0.15) is 17.6 Å². The van der Waals surface area contributed by atoms with Crippen LogP contribution in [0.3, 0.4) is 0 Å². The molecule has 6 nitrogen and oxygen atoms in total. The Morgan fingerprint density at radius 1 is 1.56 bits per heavy atom. The summed E-state index contributed by atoms with van der Waals surface area (Å²) in [4.78, 5) is 11.4. The summed E-state index contributed by atoms with van der Waals surface area (Å²) in [5.41, 5.74) is 0.0134. The molecule has 0 amide bonds. The molecule has 0 spiro atoms. The van der Waals surface area contributed by atoms with Crippen LogP contribution in [-0.4, -0.2) is 29.9 Å². The predicted molar refractivity (Wildman–Crippen MR) is 61.0 cm³/mol. The summed E-state index contributed by atoms with van der Waals surface area (Å²) in [6.07, 6.45) is -1.56. The lowest BCUT2D eigenvalue weighted by atomic mass is 10.0. The van der Waals surface area contributed by atoms with Crippen molar-refractivity contribution in [2.75, 3.05) is 13.7 Å². The van der Waals surface area contributed by atoms with Crippen molar-refractivity contribution in [2.45, 2.75) is 13.0 Å². The van der Waals surface area contributed by atoms with Crippen molar-refractivity contribution in [3.8, 4) is 17.6 Å². The fourth-order valence-corrected chi connectivity index (χ4v) is 1.41. The van der Waals surface area contributed by atoms with E-state index in [4.69, 9.17) is 10.00 Å². The van der Waals surface area contributed by atoms with E-state index < -0.39 is 12.1 Å². The van der Waals surface area contributed by atoms with Crippen LogP contribution >= 0.6 is 0 Å². The Hall–Kier alpha value is -2.26. The van der Waals surface area contributed by atoms with Crippen molar-refractivity contribution < 1.29 is 24.5 Å². The minimum atomic E-state index is -1.56. The number of benzene rings is 1. The van der Waals surface area contributed by atoms with Crippen molar-refractivity contribution in [3.05, 3.63) is 23.3 Å². The van der Waals surface area contributed by atoms with Gasteiger partial charge < -0.3 is 19.7 Å². The van der Waals surface area contributed by atoms with Gasteiger partial charge in [-0.2, -0.15) is 5.26 Å². The van der Waals surface area contributed by atoms with Crippen molar-refractivity contribution in [3.63, 3.8) is 0 Å². The number of ether oxygens (including phenoxy) is 2. The van der Waals surface area contributed by atoms with Crippen LogP contribution in [0.1, 0.15) is 24.2 Å². The smallest absolute Gasteiger partial charge is 0.339 e. The monoisotopic (exact) mass is 251 g/mol. The normalized spacial score (nSPS) is 11.4. The molecule has 1 aromatic carbocycles. The second kappa shape index (κ2) is 5.89. The minimum Gasteiger partial charge on any atom is -0.506 e. The number of esters is 1. The molecule has 0 aliphatic heterocycles. The van der Waals surface area contributed by atoms with Gasteiger partial charge in [0, 0.05) is 11.6 Å². The van der Waals surface area contributed by atoms with Gasteiger partial charge in [-0.3, -0.25) is 0 Å². The van der Waals surface area contributed by atoms with Crippen LogP contribution in [0.15, 0.2) is 12.1 Å². The first kappa shape index (κ1) is 13.8. The summed E-state index contributed by atoms with van der Waals surface area (Å²) in [6, 6.07) is 4.10. The SMILES string of the molecule is CCOC(=O)C(O)c1cc(C#N)c(O)cc1OC. The Morgan fingerprint density at radius 2 is 2.22 bits per heavy atom. The Morgan fingerprint density at radius 3 is 2.72 bits per heavy atom. The molecule has 1 rings (SSSR count). The number of aliphatic hydroxyl groups is 1. The lowest BCUT2D eigenvalue weighted by Crippen LogP contribution is -2.16. The summed E-state index contributed by atoms with van der Waals surface area (Å²) >= 11 is 0. The number of carbonyl (C=O) groups is 1. The highest BCUT2D eigenvalue weighted by atomic mass is 16.5. The van der Waals surface area contributed by atoms with E-state index in [1.54, 1.807) is 13.0 Å². The molecule has 0 saturated heterocycles. The van der Waals surface area contributed by atoms with Crippen LogP contribution in [0, 0.1) is 11.3 Å². The third-order valence-corrected chi connectivity index (χ3v) is 2.27. The van der Waals surface area contributed by atoms with Crippen LogP contribution in [0.25, 0.3) is 0 Å². The van der Waals surface area contributed by atoms with E-state index >= 15 is 0 Å². The van der Waals surface area contributed by atoms with Gasteiger partial charge in [-0.25, -0.2) is 4.79 Å². The van der Waals surface area contributed by atoms with E-state index in [2.05, 4.69) is 4.74 Å². The van der Waals surface area contributed by atoms with E-state index in [9.17, 15) is 15.0 Å². The molecule has 0 radical (unpaired) electrons. The molecule has 6 heteroatoms. The number of aliphatic hydroxyl groups excluding tert-OH is 1. The molecular weight excluding hydrogens is 238 g/mol. The summed E-state index contributed by atoms with van der Waals surface area (Å²) in [5.74, 6) is -1.02. The van der Waals surface area contributed by atoms with Crippen molar-refractivity contribution in [2.24, 2.45) is 0 Å². The quantitative estimate of drug-likeness (QED) is 0.770. The van der Waals surface area contributed by atoms with Crippen molar-refractivity contribution >= 4 is 5.97 Å². The number of nitrogens with zero attached hydrogens (tertiary/aromatic N) is 1. The predicted octanol–water partition coefficient (Wildman–Crippen LogP) is 0.869. The van der Waals surface area contributed by atoms with E-state index in [-0.39, 0.29) is 29.2 Å². The maximum atomic E-state index is 11.4. The minimum absolute atomic E-state index is 0.0610. The summed E-state index contributed by atoms with van der Waals surface area (Å²) in [7, 11) is 1.32. The molecular formula is C12H13NO5. The van der Waals surface area contributed by atoms with Gasteiger partial charge in [0.15, 0.2) is 6.10 Å². The number of phenolic OH excluding ortho intramolecular Hbond substituents is 1. The Bertz CT molecular complexity index is 492. The number of nitriles is 1. The average Bonchev–Trinajstić information content (AvgIpc) is 2.37. The van der Waals surface area contributed by atoms with Gasteiger partial charge in [0.05, 0.1) is 19.3 Å². The van der Waals surface area contributed by atoms with Gasteiger partial charge in [-0.1, -0.05) is 0 Å². The molecule has 18 heavy (non-hydrogen) atoms. The molecule has 1 unspecified atom stereocenters. The zero-order valence-corrected chi connectivity index (χ0v) is 10.0. The highest BCUT2D eigenvalue weighted by Crippen LogP contribution is 2.32. The van der Waals surface area contributed by atoms with Crippen molar-refractivity contribution in [1.29, 1.82) is 5.26 Å². The third kappa shape index (κ3) is 2.70. The summed E-state index contributed by atoms with van der Waals surface area (Å²) < 4.78 is 9.61. The van der Waals surface area contributed by atoms with Gasteiger partial charge >= 0.3 is 5.97 Å². The van der Waals surface area contributed by atoms with Crippen LogP contribution < -0.4 is 4.74 Å². The Labute approximate surface area is 104 Å². The lowest BCUT2D eigenvalue weighted by Gasteiger charge is -2.14. The number of methoxy groups -OCH3 is 1. The van der Waals surface area contributed by atoms with E-state index in [1.165, 1.54) is 13.2 Å². The fourth-order valence-electron chi connectivity index (χ4n) is 1.41. The molecule has 0 fully saturated rings. The molecule has 0 heterocycles. The molecule has 0 saturated carbocycles. The number of hydrogen-bond acceptors (Lipinski definition) is 6. The van der Waals surface area contributed by atoms with Crippen molar-refractivity contribution in [1.82, 2.24) is 0 Å². The molecule has 2 N–H and O–H groups in total. The second-order valence-electron chi connectivity index (χ2n) is 3.38. The van der Waals surface area contributed by atoms with Gasteiger partial charge in [-0.05, 0) is 13.0 Å². The van der Waals surface area contributed by atoms with Crippen LogP contribution in [0.2, 0.25) is 0 Å². The van der Waals surface area contributed by atoms with Crippen LogP contribution in [-0.2, 0) is 9.53 Å². The Balaban J connectivity index is 3.22. The molecule has 96 valence electrons. The van der Waals surface area contributed by atoms with Gasteiger partial charge in [-0.15, -0.1) is 0 Å². The molecule has 0 bridgehead atoms. The highest BCUT2D eigenvalue weighted by Gasteiger charge is 2.24. The summed E-state index contributed by atoms with van der Waals surface area (Å²) in [6.45, 7) is 1.74. The summed E-state index contributed by atoms with van der Waals surface area (Å²) in [5, 5.41) is 28.0. The van der Waals surface area contributed by atoms with E-state index in [0.717, 1.165) is 6.07 Å². The van der Waals surface area contributed by atoms with Crippen LogP contribution in [0.4, 0.5) is 0 Å². The zero-order valence-electron chi connectivity index (χ0n) is 10.0. The first-order valence-electron chi connectivity index (χ1n) is 5.20.